The maximum absolute atomic E-state index is 11.8. The second-order valence-corrected chi connectivity index (χ2v) is 6.47. The van der Waals surface area contributed by atoms with Gasteiger partial charge in [-0.05, 0) is 32.9 Å². The maximum atomic E-state index is 11.8. The van der Waals surface area contributed by atoms with Crippen LogP contribution < -0.4 is 16.2 Å². The number of nitrogens with zero attached hydrogens (tertiary/aromatic N) is 3. The van der Waals surface area contributed by atoms with Crippen LogP contribution >= 0.6 is 0 Å². The molecule has 0 aliphatic rings. The second kappa shape index (κ2) is 7.67. The number of aromatic hydroxyl groups is 1. The van der Waals surface area contributed by atoms with Crippen LogP contribution in [0.15, 0.2) is 28.2 Å². The summed E-state index contributed by atoms with van der Waals surface area (Å²) in [5.41, 5.74) is 11.2. The molecule has 8 heteroatoms. The number of ether oxygens (including phenoxy) is 1. The number of guanidine groups is 2. The van der Waals surface area contributed by atoms with E-state index < -0.39 is 5.41 Å². The van der Waals surface area contributed by atoms with Gasteiger partial charge in [0.05, 0.1) is 12.0 Å². The molecule has 0 saturated carbocycles. The molecule has 0 fully saturated rings. The number of aliphatic imine (C=N–C) groups is 2. The van der Waals surface area contributed by atoms with E-state index in [4.69, 9.17) is 16.2 Å². The molecular formula is C16H25N5O3. The van der Waals surface area contributed by atoms with Crippen LogP contribution in [0.2, 0.25) is 0 Å². The van der Waals surface area contributed by atoms with E-state index in [0.29, 0.717) is 5.56 Å². The van der Waals surface area contributed by atoms with E-state index in [1.54, 1.807) is 51.9 Å². The lowest BCUT2D eigenvalue weighted by atomic mass is 9.97. The van der Waals surface area contributed by atoms with E-state index in [1.807, 2.05) is 0 Å². The van der Waals surface area contributed by atoms with Crippen LogP contribution in [0.5, 0.6) is 11.5 Å². The molecule has 0 heterocycles. The number of phenols is 1. The van der Waals surface area contributed by atoms with Gasteiger partial charge in [0, 0.05) is 25.7 Å². The number of carbonyl (C=O) groups excluding carboxylic acids is 1. The molecule has 1 aromatic carbocycles. The third-order valence-corrected chi connectivity index (χ3v) is 2.98. The van der Waals surface area contributed by atoms with Crippen molar-refractivity contribution in [3.8, 4) is 11.5 Å². The largest absolute Gasteiger partial charge is 0.507 e. The minimum absolute atomic E-state index is 0.00355. The van der Waals surface area contributed by atoms with Crippen LogP contribution in [0.3, 0.4) is 0 Å². The minimum Gasteiger partial charge on any atom is -0.507 e. The molecular weight excluding hydrogens is 310 g/mol. The lowest BCUT2D eigenvalue weighted by Gasteiger charge is -2.16. The van der Waals surface area contributed by atoms with Crippen molar-refractivity contribution in [2.45, 2.75) is 27.3 Å². The molecule has 0 unspecified atom stereocenters. The molecule has 5 N–H and O–H groups in total. The van der Waals surface area contributed by atoms with Crippen molar-refractivity contribution in [3.63, 3.8) is 0 Å². The van der Waals surface area contributed by atoms with Crippen LogP contribution in [0, 0.1) is 5.41 Å². The average molecular weight is 335 g/mol. The van der Waals surface area contributed by atoms with Gasteiger partial charge in [-0.25, -0.2) is 4.99 Å². The van der Waals surface area contributed by atoms with Gasteiger partial charge in [-0.2, -0.15) is 4.99 Å². The summed E-state index contributed by atoms with van der Waals surface area (Å²) in [4.78, 5) is 21.4. The van der Waals surface area contributed by atoms with E-state index in [9.17, 15) is 9.90 Å². The lowest BCUT2D eigenvalue weighted by molar-refractivity contribution is -0.142. The Kier molecular flexibility index (Phi) is 6.16. The summed E-state index contributed by atoms with van der Waals surface area (Å²) >= 11 is 0. The summed E-state index contributed by atoms with van der Waals surface area (Å²) in [6.07, 6.45) is 0. The average Bonchev–Trinajstić information content (AvgIpc) is 2.45. The normalized spacial score (nSPS) is 12.9. The Morgan fingerprint density at radius 1 is 1.29 bits per heavy atom. The Morgan fingerprint density at radius 2 is 1.92 bits per heavy atom. The molecule has 8 nitrogen and oxygen atoms in total. The molecule has 1 rings (SSSR count). The molecule has 0 aliphatic heterocycles. The van der Waals surface area contributed by atoms with Gasteiger partial charge in [0.1, 0.15) is 11.5 Å². The van der Waals surface area contributed by atoms with Crippen LogP contribution in [0.1, 0.15) is 26.3 Å². The van der Waals surface area contributed by atoms with E-state index in [0.717, 1.165) is 0 Å². The standard InChI is InChI=1S/C16H25N5O3/c1-16(2,3)13(23)24-11-7-6-10(12(22)8-11)9-19-14(17)20-15(18)21(4)5/h6-8,22H,9H2,1-5H3,(H4,17,18,19,20). The fourth-order valence-electron chi connectivity index (χ4n) is 1.42. The van der Waals surface area contributed by atoms with E-state index in [1.165, 1.54) is 6.07 Å². The first-order chi connectivity index (χ1) is 11.0. The molecule has 0 bridgehead atoms. The molecule has 0 radical (unpaired) electrons. The summed E-state index contributed by atoms with van der Waals surface area (Å²) in [6, 6.07) is 4.56. The van der Waals surface area contributed by atoms with Crippen molar-refractivity contribution < 1.29 is 14.6 Å². The van der Waals surface area contributed by atoms with Gasteiger partial charge in [0.25, 0.3) is 0 Å². The van der Waals surface area contributed by atoms with Crippen LogP contribution in [0.4, 0.5) is 0 Å². The fourth-order valence-corrected chi connectivity index (χ4v) is 1.42. The number of nitrogens with two attached hydrogens (primary N) is 2. The van der Waals surface area contributed by atoms with Crippen molar-refractivity contribution in [1.29, 1.82) is 0 Å². The number of hydrogen-bond donors (Lipinski definition) is 3. The zero-order valence-electron chi connectivity index (χ0n) is 14.7. The Bertz CT molecular complexity index is 660. The molecule has 24 heavy (non-hydrogen) atoms. The molecule has 0 spiro atoms. The van der Waals surface area contributed by atoms with Crippen molar-refractivity contribution in [3.05, 3.63) is 23.8 Å². The Hall–Kier alpha value is -2.77. The molecule has 132 valence electrons. The SMILES string of the molecule is CN(C)/C(N)=N/C(N)=NCc1ccc(OC(=O)C(C)(C)C)cc1O. The predicted molar refractivity (Wildman–Crippen MR) is 93.8 cm³/mol. The van der Waals surface area contributed by atoms with Crippen molar-refractivity contribution in [1.82, 2.24) is 4.90 Å². The van der Waals surface area contributed by atoms with Crippen molar-refractivity contribution in [2.75, 3.05) is 14.1 Å². The molecule has 0 aromatic heterocycles. The van der Waals surface area contributed by atoms with Gasteiger partial charge in [-0.3, -0.25) is 4.79 Å². The molecule has 0 aliphatic carbocycles. The van der Waals surface area contributed by atoms with Crippen LogP contribution in [-0.2, 0) is 11.3 Å². The molecule has 0 atom stereocenters. The van der Waals surface area contributed by atoms with Crippen LogP contribution in [-0.4, -0.2) is 42.0 Å². The third-order valence-electron chi connectivity index (χ3n) is 2.98. The van der Waals surface area contributed by atoms with Gasteiger partial charge in [0.15, 0.2) is 5.96 Å². The Morgan fingerprint density at radius 3 is 2.42 bits per heavy atom. The third kappa shape index (κ3) is 5.79. The van der Waals surface area contributed by atoms with Gasteiger partial charge in [-0.15, -0.1) is 0 Å². The van der Waals surface area contributed by atoms with Gasteiger partial charge < -0.3 is 26.2 Å². The van der Waals surface area contributed by atoms with Crippen LogP contribution in [0.25, 0.3) is 0 Å². The summed E-state index contributed by atoms with van der Waals surface area (Å²) in [5.74, 6) is 0.0671. The van der Waals surface area contributed by atoms with Gasteiger partial charge in [-0.1, -0.05) is 0 Å². The van der Waals surface area contributed by atoms with Gasteiger partial charge in [0.2, 0.25) is 5.96 Å². The van der Waals surface area contributed by atoms with E-state index in [2.05, 4.69) is 9.98 Å². The second-order valence-electron chi connectivity index (χ2n) is 6.47. The number of rotatable bonds is 3. The Balaban J connectivity index is 2.82. The first kappa shape index (κ1) is 19.3. The molecule has 1 aromatic rings. The highest BCUT2D eigenvalue weighted by molar-refractivity contribution is 5.93. The summed E-state index contributed by atoms with van der Waals surface area (Å²) in [7, 11) is 3.46. The Labute approximate surface area is 141 Å². The summed E-state index contributed by atoms with van der Waals surface area (Å²) in [5, 5.41) is 10.0. The maximum Gasteiger partial charge on any atom is 0.316 e. The van der Waals surface area contributed by atoms with E-state index >= 15 is 0 Å². The number of carbonyl (C=O) groups is 1. The highest BCUT2D eigenvalue weighted by atomic mass is 16.5. The zero-order chi connectivity index (χ0) is 18.5. The number of hydrogen-bond acceptors (Lipinski definition) is 4. The highest BCUT2D eigenvalue weighted by Crippen LogP contribution is 2.26. The molecule has 0 amide bonds. The first-order valence-electron chi connectivity index (χ1n) is 7.36. The molecule has 0 saturated heterocycles. The summed E-state index contributed by atoms with van der Waals surface area (Å²) < 4.78 is 5.22. The van der Waals surface area contributed by atoms with Crippen molar-refractivity contribution in [2.24, 2.45) is 26.9 Å². The number of esters is 1. The number of phenolic OH excluding ortho intramolecular Hbond substituents is 1. The monoisotopic (exact) mass is 335 g/mol. The zero-order valence-corrected chi connectivity index (χ0v) is 14.7. The highest BCUT2D eigenvalue weighted by Gasteiger charge is 2.23. The number of benzene rings is 1. The predicted octanol–water partition coefficient (Wildman–Crippen LogP) is 1.03. The smallest absolute Gasteiger partial charge is 0.316 e. The van der Waals surface area contributed by atoms with Gasteiger partial charge >= 0.3 is 5.97 Å². The minimum atomic E-state index is -0.628. The van der Waals surface area contributed by atoms with Crippen molar-refractivity contribution >= 4 is 17.9 Å². The topological polar surface area (TPSA) is 127 Å². The quantitative estimate of drug-likeness (QED) is 0.328. The lowest BCUT2D eigenvalue weighted by Crippen LogP contribution is -2.32. The first-order valence-corrected chi connectivity index (χ1v) is 7.36. The summed E-state index contributed by atoms with van der Waals surface area (Å²) in [6.45, 7) is 5.37. The fraction of sp³-hybridized carbons (Fsp3) is 0.438. The van der Waals surface area contributed by atoms with E-state index in [-0.39, 0.29) is 35.9 Å².